The first-order valence-electron chi connectivity index (χ1n) is 6.75. The van der Waals surface area contributed by atoms with Crippen molar-refractivity contribution in [3.63, 3.8) is 0 Å². The van der Waals surface area contributed by atoms with Crippen molar-refractivity contribution in [2.45, 2.75) is 39.5 Å². The lowest BCUT2D eigenvalue weighted by molar-refractivity contribution is 0.112. The summed E-state index contributed by atoms with van der Waals surface area (Å²) in [6.45, 7) is 6.60. The van der Waals surface area contributed by atoms with Crippen LogP contribution < -0.4 is 4.90 Å². The van der Waals surface area contributed by atoms with Crippen molar-refractivity contribution < 1.29 is 4.79 Å². The molecule has 0 aromatic carbocycles. The molecule has 2 heterocycles. The Morgan fingerprint density at radius 1 is 1.22 bits per heavy atom. The highest BCUT2D eigenvalue weighted by molar-refractivity contribution is 5.73. The molecule has 0 aliphatic carbocycles. The van der Waals surface area contributed by atoms with Crippen LogP contribution in [0.2, 0.25) is 0 Å². The number of hydrogen-bond donors (Lipinski definition) is 0. The van der Waals surface area contributed by atoms with E-state index < -0.39 is 0 Å². The number of anilines is 1. The second-order valence-electron chi connectivity index (χ2n) is 5.13. The number of piperidine rings is 1. The summed E-state index contributed by atoms with van der Waals surface area (Å²) in [6.07, 6.45) is 8.88. The lowest BCUT2D eigenvalue weighted by atomic mass is 9.74. The highest BCUT2D eigenvalue weighted by Gasteiger charge is 2.31. The summed E-state index contributed by atoms with van der Waals surface area (Å²) in [4.78, 5) is 21.3. The summed E-state index contributed by atoms with van der Waals surface area (Å²) in [5.41, 5.74) is 1.05. The minimum absolute atomic E-state index is 0.513. The number of carbonyl (C=O) groups is 1. The summed E-state index contributed by atoms with van der Waals surface area (Å²) < 4.78 is 0. The predicted molar refractivity (Wildman–Crippen MR) is 71.9 cm³/mol. The minimum Gasteiger partial charge on any atom is -0.341 e. The SMILES string of the molecule is CCC1(CC)CCN(c2ncc(C=O)cn2)CC1. The molecule has 18 heavy (non-hydrogen) atoms. The standard InChI is InChI=1S/C14H21N3O/c1-3-14(4-2)5-7-17(8-6-14)13-15-9-12(11-18)10-16-13/h9-11H,3-8H2,1-2H3. The molecule has 1 aliphatic heterocycles. The maximum atomic E-state index is 10.6. The summed E-state index contributed by atoms with van der Waals surface area (Å²) >= 11 is 0. The zero-order valence-corrected chi connectivity index (χ0v) is 11.2. The molecule has 1 aromatic rings. The summed E-state index contributed by atoms with van der Waals surface area (Å²) in [5, 5.41) is 0. The first-order valence-corrected chi connectivity index (χ1v) is 6.75. The van der Waals surface area contributed by atoms with Crippen LogP contribution >= 0.6 is 0 Å². The molecule has 1 aromatic heterocycles. The van der Waals surface area contributed by atoms with E-state index in [4.69, 9.17) is 0 Å². The normalized spacial score (nSPS) is 18.7. The van der Waals surface area contributed by atoms with E-state index in [0.717, 1.165) is 25.3 Å². The fraction of sp³-hybridized carbons (Fsp3) is 0.643. The second kappa shape index (κ2) is 5.46. The van der Waals surface area contributed by atoms with Crippen molar-refractivity contribution in [2.75, 3.05) is 18.0 Å². The molecule has 0 unspecified atom stereocenters. The van der Waals surface area contributed by atoms with E-state index in [1.165, 1.54) is 25.7 Å². The molecule has 1 saturated heterocycles. The Labute approximate surface area is 108 Å². The second-order valence-corrected chi connectivity index (χ2v) is 5.13. The van der Waals surface area contributed by atoms with Crippen molar-refractivity contribution in [3.05, 3.63) is 18.0 Å². The van der Waals surface area contributed by atoms with E-state index in [-0.39, 0.29) is 0 Å². The molecule has 0 amide bonds. The number of aldehydes is 1. The fourth-order valence-electron chi connectivity index (χ4n) is 2.69. The van der Waals surface area contributed by atoms with Gasteiger partial charge in [0.1, 0.15) is 0 Å². The Balaban J connectivity index is 2.02. The van der Waals surface area contributed by atoms with Gasteiger partial charge in [-0.3, -0.25) is 4.79 Å². The third kappa shape index (κ3) is 2.52. The van der Waals surface area contributed by atoms with Crippen LogP contribution in [0.3, 0.4) is 0 Å². The largest absolute Gasteiger partial charge is 0.341 e. The van der Waals surface area contributed by atoms with Gasteiger partial charge in [0.05, 0.1) is 5.56 Å². The van der Waals surface area contributed by atoms with Gasteiger partial charge in [-0.25, -0.2) is 9.97 Å². The van der Waals surface area contributed by atoms with Gasteiger partial charge in [0.25, 0.3) is 0 Å². The summed E-state index contributed by atoms with van der Waals surface area (Å²) in [7, 11) is 0. The molecule has 0 atom stereocenters. The van der Waals surface area contributed by atoms with Crippen LogP contribution in [0.4, 0.5) is 5.95 Å². The molecule has 98 valence electrons. The number of nitrogens with zero attached hydrogens (tertiary/aromatic N) is 3. The molecule has 0 saturated carbocycles. The maximum Gasteiger partial charge on any atom is 0.225 e. The quantitative estimate of drug-likeness (QED) is 0.767. The van der Waals surface area contributed by atoms with Crippen molar-refractivity contribution >= 4 is 12.2 Å². The molecule has 4 heteroatoms. The average molecular weight is 247 g/mol. The van der Waals surface area contributed by atoms with Crippen LogP contribution in [0.1, 0.15) is 49.9 Å². The number of hydrogen-bond acceptors (Lipinski definition) is 4. The Morgan fingerprint density at radius 2 is 1.78 bits per heavy atom. The van der Waals surface area contributed by atoms with Gasteiger partial charge in [-0.05, 0) is 18.3 Å². The van der Waals surface area contributed by atoms with Gasteiger partial charge in [-0.2, -0.15) is 0 Å². The van der Waals surface area contributed by atoms with Crippen LogP contribution in [0, 0.1) is 5.41 Å². The molecule has 1 fully saturated rings. The fourth-order valence-corrected chi connectivity index (χ4v) is 2.69. The molecule has 0 spiro atoms. The van der Waals surface area contributed by atoms with Gasteiger partial charge in [0.2, 0.25) is 5.95 Å². The van der Waals surface area contributed by atoms with E-state index >= 15 is 0 Å². The zero-order valence-electron chi connectivity index (χ0n) is 11.2. The Kier molecular flexibility index (Phi) is 3.94. The summed E-state index contributed by atoms with van der Waals surface area (Å²) in [5.74, 6) is 0.751. The molecule has 0 bridgehead atoms. The van der Waals surface area contributed by atoms with Gasteiger partial charge < -0.3 is 4.90 Å². The van der Waals surface area contributed by atoms with Gasteiger partial charge in [0, 0.05) is 25.5 Å². The molecular weight excluding hydrogens is 226 g/mol. The van der Waals surface area contributed by atoms with E-state index in [1.54, 1.807) is 12.4 Å². The molecule has 2 rings (SSSR count). The van der Waals surface area contributed by atoms with Crippen LogP contribution in [0.25, 0.3) is 0 Å². The average Bonchev–Trinajstić information content (AvgIpc) is 2.47. The van der Waals surface area contributed by atoms with E-state index in [9.17, 15) is 4.79 Å². The predicted octanol–water partition coefficient (Wildman–Crippen LogP) is 2.70. The van der Waals surface area contributed by atoms with Crippen LogP contribution in [0.5, 0.6) is 0 Å². The Bertz CT molecular complexity index is 388. The number of carbonyl (C=O) groups excluding carboxylic acids is 1. The smallest absolute Gasteiger partial charge is 0.225 e. The van der Waals surface area contributed by atoms with Crippen molar-refractivity contribution in [1.82, 2.24) is 9.97 Å². The van der Waals surface area contributed by atoms with Gasteiger partial charge in [-0.1, -0.05) is 26.7 Å². The lowest BCUT2D eigenvalue weighted by Gasteiger charge is -2.40. The third-order valence-corrected chi connectivity index (χ3v) is 4.40. The number of aromatic nitrogens is 2. The van der Waals surface area contributed by atoms with E-state index in [1.807, 2.05) is 0 Å². The first-order chi connectivity index (χ1) is 8.73. The molecule has 1 aliphatic rings. The highest BCUT2D eigenvalue weighted by atomic mass is 16.1. The van der Waals surface area contributed by atoms with Crippen LogP contribution in [-0.2, 0) is 0 Å². The lowest BCUT2D eigenvalue weighted by Crippen LogP contribution is -2.40. The molecule has 0 N–H and O–H groups in total. The van der Waals surface area contributed by atoms with Crippen molar-refractivity contribution in [3.8, 4) is 0 Å². The first kappa shape index (κ1) is 13.0. The topological polar surface area (TPSA) is 46.1 Å². The van der Waals surface area contributed by atoms with Gasteiger partial charge >= 0.3 is 0 Å². The summed E-state index contributed by atoms with van der Waals surface area (Å²) in [6, 6.07) is 0. The van der Waals surface area contributed by atoms with Crippen molar-refractivity contribution in [1.29, 1.82) is 0 Å². The minimum atomic E-state index is 0.513. The van der Waals surface area contributed by atoms with E-state index in [2.05, 4.69) is 28.7 Å². The third-order valence-electron chi connectivity index (χ3n) is 4.40. The molecular formula is C14H21N3O. The zero-order chi connectivity index (χ0) is 13.0. The van der Waals surface area contributed by atoms with Gasteiger partial charge in [-0.15, -0.1) is 0 Å². The number of rotatable bonds is 4. The van der Waals surface area contributed by atoms with Crippen LogP contribution in [-0.4, -0.2) is 29.3 Å². The maximum absolute atomic E-state index is 10.6. The van der Waals surface area contributed by atoms with E-state index in [0.29, 0.717) is 11.0 Å². The molecule has 0 radical (unpaired) electrons. The Hall–Kier alpha value is -1.45. The van der Waals surface area contributed by atoms with Crippen LogP contribution in [0.15, 0.2) is 12.4 Å². The van der Waals surface area contributed by atoms with Crippen molar-refractivity contribution in [2.24, 2.45) is 5.41 Å². The molecule has 4 nitrogen and oxygen atoms in total. The highest BCUT2D eigenvalue weighted by Crippen LogP contribution is 2.38. The Morgan fingerprint density at radius 3 is 2.22 bits per heavy atom. The van der Waals surface area contributed by atoms with Gasteiger partial charge in [0.15, 0.2) is 6.29 Å². The monoisotopic (exact) mass is 247 g/mol.